The summed E-state index contributed by atoms with van der Waals surface area (Å²) in [5.41, 5.74) is 1.55. The van der Waals surface area contributed by atoms with Gasteiger partial charge in [0, 0.05) is 24.3 Å². The lowest BCUT2D eigenvalue weighted by Crippen LogP contribution is -2.24. The second-order valence-corrected chi connectivity index (χ2v) is 5.00. The van der Waals surface area contributed by atoms with Gasteiger partial charge in [-0.05, 0) is 19.8 Å². The van der Waals surface area contributed by atoms with Crippen LogP contribution in [0, 0.1) is 0 Å². The molecule has 0 radical (unpaired) electrons. The smallest absolute Gasteiger partial charge is 0.343 e. The molecule has 0 amide bonds. The number of aromatic amines is 1. The molecule has 22 heavy (non-hydrogen) atoms. The monoisotopic (exact) mass is 307 g/mol. The highest BCUT2D eigenvalue weighted by Crippen LogP contribution is 2.13. The van der Waals surface area contributed by atoms with Crippen LogP contribution in [0.3, 0.4) is 0 Å². The number of ether oxygens (including phenoxy) is 1. The Morgan fingerprint density at radius 2 is 2.18 bits per heavy atom. The molecule has 0 aliphatic carbocycles. The van der Waals surface area contributed by atoms with Gasteiger partial charge in [0.15, 0.2) is 5.65 Å². The third-order valence-corrected chi connectivity index (χ3v) is 3.49. The topological polar surface area (TPSA) is 96.7 Å². The lowest BCUT2D eigenvalue weighted by atomic mass is 10.1. The quantitative estimate of drug-likeness (QED) is 0.746. The maximum atomic E-state index is 12.5. The van der Waals surface area contributed by atoms with Crippen molar-refractivity contribution in [1.29, 1.82) is 0 Å². The normalized spacial score (nSPS) is 11.0. The first-order chi connectivity index (χ1) is 10.6. The van der Waals surface area contributed by atoms with E-state index in [-0.39, 0.29) is 30.8 Å². The molecule has 0 fully saturated rings. The van der Waals surface area contributed by atoms with Crippen molar-refractivity contribution in [3.63, 3.8) is 0 Å². The van der Waals surface area contributed by atoms with Crippen LogP contribution in [0.15, 0.2) is 11.0 Å². The zero-order valence-corrected chi connectivity index (χ0v) is 12.9. The largest absolute Gasteiger partial charge is 0.462 e. The predicted molar refractivity (Wildman–Crippen MR) is 81.2 cm³/mol. The standard InChI is InChI=1S/C15H21N3O4/c1-3-5-6-12-10(7-8-19)14(20)18-13(17-12)11(9-16-18)15(21)22-4-2/h9,17,19H,3-8H2,1-2H3. The summed E-state index contributed by atoms with van der Waals surface area (Å²) in [5, 5.41) is 13.1. The summed E-state index contributed by atoms with van der Waals surface area (Å²) in [6.45, 7) is 3.93. The van der Waals surface area contributed by atoms with Gasteiger partial charge >= 0.3 is 5.97 Å². The lowest BCUT2D eigenvalue weighted by Gasteiger charge is -2.09. The Morgan fingerprint density at radius 1 is 1.41 bits per heavy atom. The summed E-state index contributed by atoms with van der Waals surface area (Å²) in [6.07, 6.45) is 4.17. The van der Waals surface area contributed by atoms with E-state index in [9.17, 15) is 14.7 Å². The SMILES string of the molecule is CCCCc1[nH]c2c(C(=O)OCC)cnn2c(=O)c1CCO. The van der Waals surface area contributed by atoms with Crippen LogP contribution in [0.5, 0.6) is 0 Å². The molecule has 2 N–H and O–H groups in total. The molecule has 0 unspecified atom stereocenters. The number of rotatable bonds is 7. The maximum Gasteiger partial charge on any atom is 0.343 e. The number of aryl methyl sites for hydroxylation is 1. The number of H-pyrrole nitrogens is 1. The van der Waals surface area contributed by atoms with Gasteiger partial charge in [-0.25, -0.2) is 4.79 Å². The molecule has 2 rings (SSSR count). The highest BCUT2D eigenvalue weighted by Gasteiger charge is 2.19. The maximum absolute atomic E-state index is 12.5. The van der Waals surface area contributed by atoms with Gasteiger partial charge in [-0.2, -0.15) is 9.61 Å². The van der Waals surface area contributed by atoms with Crippen LogP contribution >= 0.6 is 0 Å². The number of unbranched alkanes of at least 4 members (excludes halogenated alkanes) is 1. The van der Waals surface area contributed by atoms with Crippen molar-refractivity contribution in [2.75, 3.05) is 13.2 Å². The van der Waals surface area contributed by atoms with Crippen molar-refractivity contribution in [2.45, 2.75) is 39.5 Å². The number of hydrogen-bond donors (Lipinski definition) is 2. The minimum Gasteiger partial charge on any atom is -0.462 e. The highest BCUT2D eigenvalue weighted by molar-refractivity contribution is 5.95. The Labute approximate surface area is 127 Å². The first-order valence-electron chi connectivity index (χ1n) is 7.53. The molecular formula is C15H21N3O4. The second-order valence-electron chi connectivity index (χ2n) is 5.00. The minimum absolute atomic E-state index is 0.111. The van der Waals surface area contributed by atoms with Crippen LogP contribution < -0.4 is 5.56 Å². The number of carbonyl (C=O) groups excluding carboxylic acids is 1. The molecule has 7 heteroatoms. The molecule has 0 aliphatic heterocycles. The van der Waals surface area contributed by atoms with Crippen LogP contribution in [0.4, 0.5) is 0 Å². The molecule has 7 nitrogen and oxygen atoms in total. The molecule has 0 spiro atoms. The average molecular weight is 307 g/mol. The first kappa shape index (κ1) is 16.2. The number of carbonyl (C=O) groups is 1. The predicted octanol–water partition coefficient (Wildman–Crippen LogP) is 1.08. The Kier molecular flexibility index (Phi) is 5.32. The molecular weight excluding hydrogens is 286 g/mol. The number of aliphatic hydroxyl groups excluding tert-OH is 1. The van der Waals surface area contributed by atoms with Crippen LogP contribution in [-0.2, 0) is 17.6 Å². The van der Waals surface area contributed by atoms with Gasteiger partial charge in [0.1, 0.15) is 5.56 Å². The number of aromatic nitrogens is 3. The van der Waals surface area contributed by atoms with Crippen molar-refractivity contribution in [2.24, 2.45) is 0 Å². The van der Waals surface area contributed by atoms with Crippen molar-refractivity contribution in [1.82, 2.24) is 14.6 Å². The van der Waals surface area contributed by atoms with Crippen molar-refractivity contribution in [3.8, 4) is 0 Å². The molecule has 2 aromatic rings. The van der Waals surface area contributed by atoms with Gasteiger partial charge in [0.25, 0.3) is 5.56 Å². The summed E-state index contributed by atoms with van der Waals surface area (Å²) < 4.78 is 6.14. The number of nitrogens with one attached hydrogen (secondary N) is 1. The van der Waals surface area contributed by atoms with E-state index < -0.39 is 5.97 Å². The molecule has 120 valence electrons. The second kappa shape index (κ2) is 7.22. The van der Waals surface area contributed by atoms with Crippen LogP contribution in [-0.4, -0.2) is 38.9 Å². The van der Waals surface area contributed by atoms with Gasteiger partial charge in [-0.1, -0.05) is 13.3 Å². The molecule has 2 heterocycles. The van der Waals surface area contributed by atoms with E-state index in [4.69, 9.17) is 4.74 Å². The van der Waals surface area contributed by atoms with E-state index in [2.05, 4.69) is 17.0 Å². The molecule has 2 aromatic heterocycles. The van der Waals surface area contributed by atoms with E-state index in [0.29, 0.717) is 17.6 Å². The van der Waals surface area contributed by atoms with Gasteiger partial charge in [0.2, 0.25) is 0 Å². The van der Waals surface area contributed by atoms with Gasteiger partial charge < -0.3 is 14.8 Å². The molecule has 0 saturated carbocycles. The zero-order valence-electron chi connectivity index (χ0n) is 12.9. The van der Waals surface area contributed by atoms with Gasteiger partial charge in [-0.15, -0.1) is 0 Å². The fourth-order valence-corrected chi connectivity index (χ4v) is 2.39. The average Bonchev–Trinajstić information content (AvgIpc) is 2.92. The molecule has 0 saturated heterocycles. The first-order valence-corrected chi connectivity index (χ1v) is 7.53. The van der Waals surface area contributed by atoms with E-state index in [1.165, 1.54) is 6.20 Å². The Balaban J connectivity index is 2.59. The summed E-state index contributed by atoms with van der Waals surface area (Å²) in [6, 6.07) is 0. The molecule has 0 bridgehead atoms. The van der Waals surface area contributed by atoms with E-state index >= 15 is 0 Å². The van der Waals surface area contributed by atoms with Crippen molar-refractivity contribution < 1.29 is 14.6 Å². The van der Waals surface area contributed by atoms with Crippen LogP contribution in [0.2, 0.25) is 0 Å². The highest BCUT2D eigenvalue weighted by atomic mass is 16.5. The Bertz CT molecular complexity index is 717. The summed E-state index contributed by atoms with van der Waals surface area (Å²) >= 11 is 0. The van der Waals surface area contributed by atoms with E-state index in [1.54, 1.807) is 6.92 Å². The number of hydrogen-bond acceptors (Lipinski definition) is 5. The fraction of sp³-hybridized carbons (Fsp3) is 0.533. The third kappa shape index (κ3) is 3.04. The molecule has 0 aliphatic rings. The molecule has 0 atom stereocenters. The van der Waals surface area contributed by atoms with Crippen molar-refractivity contribution in [3.05, 3.63) is 33.4 Å². The third-order valence-electron chi connectivity index (χ3n) is 3.49. The summed E-state index contributed by atoms with van der Waals surface area (Å²) in [4.78, 5) is 27.6. The number of fused-ring (bicyclic) bond motifs is 1. The Morgan fingerprint density at radius 3 is 2.82 bits per heavy atom. The summed E-state index contributed by atoms with van der Waals surface area (Å²) in [7, 11) is 0. The van der Waals surface area contributed by atoms with Crippen LogP contribution in [0.1, 0.15) is 48.3 Å². The minimum atomic E-state index is -0.510. The number of esters is 1. The van der Waals surface area contributed by atoms with Gasteiger partial charge in [-0.3, -0.25) is 4.79 Å². The lowest BCUT2D eigenvalue weighted by molar-refractivity contribution is 0.0528. The van der Waals surface area contributed by atoms with E-state index in [0.717, 1.165) is 23.1 Å². The number of aliphatic hydroxyl groups is 1. The zero-order chi connectivity index (χ0) is 16.1. The molecule has 0 aromatic carbocycles. The van der Waals surface area contributed by atoms with Crippen LogP contribution in [0.25, 0.3) is 5.65 Å². The Hall–Kier alpha value is -2.15. The van der Waals surface area contributed by atoms with Crippen molar-refractivity contribution >= 4 is 11.6 Å². The van der Waals surface area contributed by atoms with E-state index in [1.807, 2.05) is 0 Å². The van der Waals surface area contributed by atoms with Gasteiger partial charge in [0.05, 0.1) is 12.8 Å². The summed E-state index contributed by atoms with van der Waals surface area (Å²) in [5.74, 6) is -0.510. The number of nitrogens with zero attached hydrogens (tertiary/aromatic N) is 2. The fourth-order valence-electron chi connectivity index (χ4n) is 2.39.